The zero-order valence-corrected chi connectivity index (χ0v) is 8.28. The number of rotatable bonds is 2. The van der Waals surface area contributed by atoms with Gasteiger partial charge in [0.1, 0.15) is 0 Å². The fraction of sp³-hybridized carbons (Fsp3) is 0.143. The topological polar surface area (TPSA) is 29.5 Å². The predicted molar refractivity (Wildman–Crippen MR) is 53.9 cm³/mol. The summed E-state index contributed by atoms with van der Waals surface area (Å²) >= 11 is 1.68. The number of benzene rings is 1. The first kappa shape index (κ1) is 9.03. The van der Waals surface area contributed by atoms with E-state index in [0.29, 0.717) is 0 Å². The molecule has 1 rings (SSSR count). The summed E-state index contributed by atoms with van der Waals surface area (Å²) < 4.78 is 4.74. The Hall–Kier alpha value is -0.0651. The van der Waals surface area contributed by atoms with Gasteiger partial charge in [-0.05, 0) is 12.4 Å². The Morgan fingerprint density at radius 1 is 1.45 bits per heavy atom. The molecule has 0 heterocycles. The molecule has 0 aromatic heterocycles. The van der Waals surface area contributed by atoms with Crippen LogP contribution in [-0.4, -0.2) is 12.1 Å². The molecule has 0 amide bonds. The lowest BCUT2D eigenvalue weighted by atomic mass is 9.77. The number of halogens is 1. The van der Waals surface area contributed by atoms with Crippen molar-refractivity contribution in [3.05, 3.63) is 29.8 Å². The first-order valence-electron chi connectivity index (χ1n) is 3.26. The van der Waals surface area contributed by atoms with Gasteiger partial charge in [0.2, 0.25) is 0 Å². The van der Waals surface area contributed by atoms with Crippen molar-refractivity contribution in [1.29, 1.82) is 0 Å². The molecule has 0 fully saturated rings. The van der Waals surface area contributed by atoms with Crippen LogP contribution in [0.3, 0.4) is 0 Å². The van der Waals surface area contributed by atoms with Crippen molar-refractivity contribution < 1.29 is 8.01 Å². The molecule has 0 unspecified atom stereocenters. The van der Waals surface area contributed by atoms with Gasteiger partial charge in [0, 0.05) is 0 Å². The molecule has 0 atom stereocenters. The zero-order valence-electron chi connectivity index (χ0n) is 6.12. The third-order valence-corrected chi connectivity index (χ3v) is 2.02. The summed E-state index contributed by atoms with van der Waals surface area (Å²) in [7, 11) is -0.809. The molecule has 0 spiro atoms. The molecule has 0 aliphatic rings. The highest BCUT2D eigenvalue weighted by Crippen LogP contribution is 1.97. The molecule has 11 heavy (non-hydrogen) atoms. The zero-order chi connectivity index (χ0) is 8.27. The van der Waals surface area contributed by atoms with E-state index in [9.17, 15) is 5.02 Å². The van der Waals surface area contributed by atoms with Crippen molar-refractivity contribution >= 4 is 35.6 Å². The first-order valence-corrected chi connectivity index (χ1v) is 4.15. The Bertz CT molecular complexity index is 242. The van der Waals surface area contributed by atoms with Gasteiger partial charge < -0.3 is 8.01 Å². The average Bonchev–Trinajstić information content (AvgIpc) is 2.04. The van der Waals surface area contributed by atoms with Crippen LogP contribution in [0.5, 0.6) is 0 Å². The molecular formula is C7H8BIO2. The molecule has 0 radical (unpaired) electrons. The fourth-order valence-electron chi connectivity index (χ4n) is 0.912. The summed E-state index contributed by atoms with van der Waals surface area (Å²) in [6, 6.07) is 7.59. The van der Waals surface area contributed by atoms with E-state index in [4.69, 9.17) is 2.98 Å². The van der Waals surface area contributed by atoms with Crippen molar-refractivity contribution in [1.82, 2.24) is 0 Å². The fourth-order valence-corrected chi connectivity index (χ4v) is 1.19. The van der Waals surface area contributed by atoms with E-state index in [2.05, 4.69) is 0 Å². The quantitative estimate of drug-likeness (QED) is 0.637. The minimum atomic E-state index is -0.809. The second-order valence-corrected chi connectivity index (χ2v) is 2.81. The van der Waals surface area contributed by atoms with Crippen LogP contribution in [0.25, 0.3) is 0 Å². The predicted octanol–water partition coefficient (Wildman–Crippen LogP) is 1.05. The van der Waals surface area contributed by atoms with Gasteiger partial charge >= 0.3 is 7.12 Å². The van der Waals surface area contributed by atoms with Gasteiger partial charge in [0.25, 0.3) is 0 Å². The Balaban J connectivity index is 2.93. The van der Waals surface area contributed by atoms with Crippen molar-refractivity contribution in [2.45, 2.75) is 6.92 Å². The first-order chi connectivity index (χ1) is 5.25. The molecular weight excluding hydrogens is 254 g/mol. The molecule has 2 nitrogen and oxygen atoms in total. The van der Waals surface area contributed by atoms with Crippen molar-refractivity contribution in [2.75, 3.05) is 0 Å². The standard InChI is InChI=1S/C7H8BIO2/c1-6-4-2-3-5-7(6)8(10)11-9/h2-5,10H,1H3. The van der Waals surface area contributed by atoms with E-state index in [1.54, 1.807) is 23.0 Å². The monoisotopic (exact) mass is 262 g/mol. The van der Waals surface area contributed by atoms with E-state index >= 15 is 0 Å². The Morgan fingerprint density at radius 2 is 2.09 bits per heavy atom. The van der Waals surface area contributed by atoms with Crippen LogP contribution in [-0.2, 0) is 2.98 Å². The van der Waals surface area contributed by atoms with E-state index in [1.165, 1.54) is 0 Å². The maximum Gasteiger partial charge on any atom is 0.500 e. The number of aryl methyl sites for hydroxylation is 1. The van der Waals surface area contributed by atoms with Crippen LogP contribution in [0, 0.1) is 6.92 Å². The smallest absolute Gasteiger partial charge is 0.423 e. The lowest BCUT2D eigenvalue weighted by Gasteiger charge is -2.04. The van der Waals surface area contributed by atoms with E-state index in [-0.39, 0.29) is 0 Å². The Labute approximate surface area is 80.4 Å². The summed E-state index contributed by atoms with van der Waals surface area (Å²) in [5.74, 6) is 0. The SMILES string of the molecule is Cc1ccccc1B(O)OI. The van der Waals surface area contributed by atoms with Gasteiger partial charge in [-0.15, -0.1) is 0 Å². The van der Waals surface area contributed by atoms with Crippen LogP contribution in [0.1, 0.15) is 5.56 Å². The molecule has 0 aliphatic heterocycles. The average molecular weight is 262 g/mol. The largest absolute Gasteiger partial charge is 0.500 e. The molecule has 1 N–H and O–H groups in total. The molecule has 0 saturated carbocycles. The Kier molecular flexibility index (Phi) is 3.35. The molecule has 4 heteroatoms. The van der Waals surface area contributed by atoms with Crippen molar-refractivity contribution in [3.8, 4) is 0 Å². The third kappa shape index (κ3) is 2.18. The van der Waals surface area contributed by atoms with Gasteiger partial charge in [0.15, 0.2) is 0 Å². The Morgan fingerprint density at radius 3 is 2.64 bits per heavy atom. The maximum atomic E-state index is 9.28. The molecule has 1 aromatic rings. The molecule has 0 aliphatic carbocycles. The van der Waals surface area contributed by atoms with E-state index in [1.807, 2.05) is 31.2 Å². The van der Waals surface area contributed by atoms with Crippen LogP contribution < -0.4 is 5.46 Å². The molecule has 0 saturated heterocycles. The van der Waals surface area contributed by atoms with Gasteiger partial charge in [0.05, 0.1) is 23.0 Å². The van der Waals surface area contributed by atoms with Gasteiger partial charge in [-0.25, -0.2) is 0 Å². The summed E-state index contributed by atoms with van der Waals surface area (Å²) in [6.07, 6.45) is 0. The summed E-state index contributed by atoms with van der Waals surface area (Å²) in [4.78, 5) is 0. The summed E-state index contributed by atoms with van der Waals surface area (Å²) in [5, 5.41) is 9.28. The van der Waals surface area contributed by atoms with Crippen LogP contribution >= 0.6 is 23.0 Å². The van der Waals surface area contributed by atoms with E-state index in [0.717, 1.165) is 11.0 Å². The molecule has 58 valence electrons. The number of hydrogen-bond acceptors (Lipinski definition) is 2. The number of hydrogen-bond donors (Lipinski definition) is 1. The van der Waals surface area contributed by atoms with Gasteiger partial charge in [-0.2, -0.15) is 0 Å². The maximum absolute atomic E-state index is 9.28. The van der Waals surface area contributed by atoms with Crippen LogP contribution in [0.4, 0.5) is 0 Å². The second-order valence-electron chi connectivity index (χ2n) is 2.30. The highest BCUT2D eigenvalue weighted by molar-refractivity contribution is 14.1. The summed E-state index contributed by atoms with van der Waals surface area (Å²) in [5.41, 5.74) is 1.86. The second kappa shape index (κ2) is 4.08. The molecule has 1 aromatic carbocycles. The highest BCUT2D eigenvalue weighted by atomic mass is 127. The lowest BCUT2D eigenvalue weighted by Crippen LogP contribution is -2.32. The van der Waals surface area contributed by atoms with Gasteiger partial charge in [-0.1, -0.05) is 29.8 Å². The normalized spacial score (nSPS) is 9.73. The van der Waals surface area contributed by atoms with Crippen molar-refractivity contribution in [2.24, 2.45) is 0 Å². The lowest BCUT2D eigenvalue weighted by molar-refractivity contribution is 0.492. The van der Waals surface area contributed by atoms with E-state index < -0.39 is 7.12 Å². The van der Waals surface area contributed by atoms with Gasteiger partial charge in [-0.3, -0.25) is 0 Å². The van der Waals surface area contributed by atoms with Crippen molar-refractivity contribution in [3.63, 3.8) is 0 Å². The minimum Gasteiger partial charge on any atom is -0.423 e. The van der Waals surface area contributed by atoms with Crippen LogP contribution in [0.2, 0.25) is 0 Å². The molecule has 0 bridgehead atoms. The third-order valence-electron chi connectivity index (χ3n) is 1.54. The minimum absolute atomic E-state index is 0.809. The van der Waals surface area contributed by atoms with Crippen LogP contribution in [0.15, 0.2) is 24.3 Å². The highest BCUT2D eigenvalue weighted by Gasteiger charge is 2.16. The summed E-state index contributed by atoms with van der Waals surface area (Å²) in [6.45, 7) is 1.94.